The lowest BCUT2D eigenvalue weighted by molar-refractivity contribution is 0.641. The molecule has 4 nitrogen and oxygen atoms in total. The van der Waals surface area contributed by atoms with Crippen molar-refractivity contribution in [3.63, 3.8) is 0 Å². The van der Waals surface area contributed by atoms with Gasteiger partial charge in [0.2, 0.25) is 0 Å². The molecule has 2 heterocycles. The fourth-order valence-electron chi connectivity index (χ4n) is 1.82. The van der Waals surface area contributed by atoms with Crippen molar-refractivity contribution in [3.8, 4) is 6.07 Å². The van der Waals surface area contributed by atoms with Gasteiger partial charge in [0.25, 0.3) is 0 Å². The first-order chi connectivity index (χ1) is 7.81. The molecule has 1 aromatic heterocycles. The zero-order valence-corrected chi connectivity index (χ0v) is 9.67. The fraction of sp³-hybridized carbons (Fsp3) is 0.455. The summed E-state index contributed by atoms with van der Waals surface area (Å²) in [6.07, 6.45) is 3.77. The van der Waals surface area contributed by atoms with Gasteiger partial charge in [0.05, 0.1) is 16.4 Å². The minimum absolute atomic E-state index is 0.300. The Kier molecular flexibility index (Phi) is 3.65. The van der Waals surface area contributed by atoms with E-state index in [4.69, 9.17) is 5.26 Å². The van der Waals surface area contributed by atoms with Crippen LogP contribution in [0.15, 0.2) is 23.4 Å². The molecule has 0 saturated carbocycles. The van der Waals surface area contributed by atoms with Crippen LogP contribution in [0.2, 0.25) is 0 Å². The first-order valence-corrected chi connectivity index (χ1v) is 6.60. The summed E-state index contributed by atoms with van der Waals surface area (Å²) in [6.45, 7) is 0.995. The highest BCUT2D eigenvalue weighted by Crippen LogP contribution is 2.13. The van der Waals surface area contributed by atoms with Crippen LogP contribution in [0.25, 0.3) is 0 Å². The van der Waals surface area contributed by atoms with Gasteiger partial charge in [0.1, 0.15) is 11.1 Å². The molecule has 0 spiro atoms. The normalized spacial score (nSPS) is 21.6. The lowest BCUT2D eigenvalue weighted by Gasteiger charge is -2.09. The second-order valence-electron chi connectivity index (χ2n) is 3.77. The molecule has 16 heavy (non-hydrogen) atoms. The monoisotopic (exact) mass is 235 g/mol. The van der Waals surface area contributed by atoms with Crippen LogP contribution in [0, 0.1) is 11.3 Å². The highest BCUT2D eigenvalue weighted by molar-refractivity contribution is 7.85. The zero-order valence-electron chi connectivity index (χ0n) is 8.85. The number of aromatic nitrogens is 1. The Morgan fingerprint density at radius 3 is 3.25 bits per heavy atom. The standard InChI is InChI=1S/C11H13N3OS/c12-7-9-3-1-6-14-11(9)16(15)8-10-4-2-5-13-10/h1,3,6,10,13H,2,4-5,8H2. The molecule has 1 fully saturated rings. The Morgan fingerprint density at radius 1 is 1.69 bits per heavy atom. The molecule has 1 aromatic rings. The van der Waals surface area contributed by atoms with E-state index in [-0.39, 0.29) is 0 Å². The van der Waals surface area contributed by atoms with E-state index in [9.17, 15) is 4.21 Å². The van der Waals surface area contributed by atoms with Gasteiger partial charge >= 0.3 is 0 Å². The fourth-order valence-corrected chi connectivity index (χ4v) is 3.16. The van der Waals surface area contributed by atoms with Gasteiger partial charge in [-0.2, -0.15) is 5.26 Å². The van der Waals surface area contributed by atoms with E-state index >= 15 is 0 Å². The van der Waals surface area contributed by atoms with Crippen LogP contribution in [0.3, 0.4) is 0 Å². The summed E-state index contributed by atoms with van der Waals surface area (Å²) in [5.41, 5.74) is 0.416. The van der Waals surface area contributed by atoms with Crippen LogP contribution in [-0.2, 0) is 10.8 Å². The smallest absolute Gasteiger partial charge is 0.144 e. The van der Waals surface area contributed by atoms with E-state index in [1.165, 1.54) is 0 Å². The van der Waals surface area contributed by atoms with Crippen molar-refractivity contribution in [2.45, 2.75) is 23.9 Å². The van der Waals surface area contributed by atoms with Crippen LogP contribution < -0.4 is 5.32 Å². The number of rotatable bonds is 3. The molecule has 0 bridgehead atoms. The predicted molar refractivity (Wildman–Crippen MR) is 61.3 cm³/mol. The van der Waals surface area contributed by atoms with Gasteiger partial charge in [-0.25, -0.2) is 4.98 Å². The molecule has 2 atom stereocenters. The average Bonchev–Trinajstić information content (AvgIpc) is 2.81. The molecule has 1 aliphatic rings. The van der Waals surface area contributed by atoms with Gasteiger partial charge in [-0.1, -0.05) is 0 Å². The SMILES string of the molecule is N#Cc1cccnc1S(=O)CC1CCCN1. The lowest BCUT2D eigenvalue weighted by Crippen LogP contribution is -2.28. The molecule has 84 valence electrons. The number of hydrogen-bond donors (Lipinski definition) is 1. The van der Waals surface area contributed by atoms with Crippen LogP contribution >= 0.6 is 0 Å². The topological polar surface area (TPSA) is 65.8 Å². The second kappa shape index (κ2) is 5.19. The Bertz CT molecular complexity index is 435. The van der Waals surface area contributed by atoms with Crippen molar-refractivity contribution in [1.82, 2.24) is 10.3 Å². The maximum absolute atomic E-state index is 12.0. The number of hydrogen-bond acceptors (Lipinski definition) is 4. The number of pyridine rings is 1. The van der Waals surface area contributed by atoms with Crippen LogP contribution in [-0.4, -0.2) is 27.5 Å². The first-order valence-electron chi connectivity index (χ1n) is 5.28. The van der Waals surface area contributed by atoms with Crippen molar-refractivity contribution < 1.29 is 4.21 Å². The molecule has 1 N–H and O–H groups in total. The molecule has 2 rings (SSSR count). The minimum Gasteiger partial charge on any atom is -0.313 e. The van der Waals surface area contributed by atoms with E-state index in [2.05, 4.69) is 10.3 Å². The maximum Gasteiger partial charge on any atom is 0.144 e. The predicted octanol–water partition coefficient (Wildman–Crippen LogP) is 0.813. The van der Waals surface area contributed by atoms with Gasteiger partial charge in [-0.15, -0.1) is 0 Å². The van der Waals surface area contributed by atoms with Crippen LogP contribution in [0.4, 0.5) is 0 Å². The molecule has 1 aliphatic heterocycles. The third kappa shape index (κ3) is 2.46. The van der Waals surface area contributed by atoms with E-state index in [1.54, 1.807) is 18.3 Å². The van der Waals surface area contributed by atoms with E-state index in [0.29, 0.717) is 22.4 Å². The molecule has 2 unspecified atom stereocenters. The van der Waals surface area contributed by atoms with Crippen molar-refractivity contribution >= 4 is 10.8 Å². The average molecular weight is 235 g/mol. The Labute approximate surface area is 97.2 Å². The summed E-state index contributed by atoms with van der Waals surface area (Å²) in [6, 6.07) is 5.67. The van der Waals surface area contributed by atoms with E-state index in [0.717, 1.165) is 19.4 Å². The molecule has 0 aromatic carbocycles. The van der Waals surface area contributed by atoms with Crippen LogP contribution in [0.1, 0.15) is 18.4 Å². The van der Waals surface area contributed by atoms with E-state index in [1.807, 2.05) is 6.07 Å². The van der Waals surface area contributed by atoms with Crippen molar-refractivity contribution in [1.29, 1.82) is 5.26 Å². The summed E-state index contributed by atoms with van der Waals surface area (Å²) in [5.74, 6) is 0.547. The summed E-state index contributed by atoms with van der Waals surface area (Å²) in [4.78, 5) is 4.04. The third-order valence-electron chi connectivity index (χ3n) is 2.62. The van der Waals surface area contributed by atoms with Gasteiger partial charge < -0.3 is 5.32 Å². The molecule has 1 saturated heterocycles. The highest BCUT2D eigenvalue weighted by atomic mass is 32.2. The molecule has 0 radical (unpaired) electrons. The zero-order chi connectivity index (χ0) is 11.4. The number of nitriles is 1. The molecular weight excluding hydrogens is 222 g/mol. The maximum atomic E-state index is 12.0. The van der Waals surface area contributed by atoms with Crippen LogP contribution in [0.5, 0.6) is 0 Å². The second-order valence-corrected chi connectivity index (χ2v) is 5.18. The molecular formula is C11H13N3OS. The quantitative estimate of drug-likeness (QED) is 0.842. The van der Waals surface area contributed by atoms with Crippen molar-refractivity contribution in [2.24, 2.45) is 0 Å². The number of nitrogens with zero attached hydrogens (tertiary/aromatic N) is 2. The van der Waals surface area contributed by atoms with Gasteiger partial charge in [-0.05, 0) is 31.5 Å². The van der Waals surface area contributed by atoms with Gasteiger partial charge in [0.15, 0.2) is 0 Å². The van der Waals surface area contributed by atoms with E-state index < -0.39 is 10.8 Å². The van der Waals surface area contributed by atoms with Gasteiger partial charge in [0, 0.05) is 18.0 Å². The highest BCUT2D eigenvalue weighted by Gasteiger charge is 2.19. The minimum atomic E-state index is -1.18. The first kappa shape index (κ1) is 11.2. The summed E-state index contributed by atoms with van der Waals surface area (Å²) >= 11 is 0. The van der Waals surface area contributed by atoms with Gasteiger partial charge in [-0.3, -0.25) is 4.21 Å². The third-order valence-corrected chi connectivity index (χ3v) is 4.08. The number of nitrogens with one attached hydrogen (secondary N) is 1. The Balaban J connectivity index is 2.11. The Morgan fingerprint density at radius 2 is 2.56 bits per heavy atom. The molecule has 0 aliphatic carbocycles. The van der Waals surface area contributed by atoms with Crippen molar-refractivity contribution in [2.75, 3.05) is 12.3 Å². The molecule has 5 heteroatoms. The van der Waals surface area contributed by atoms with Crippen molar-refractivity contribution in [3.05, 3.63) is 23.9 Å². The summed E-state index contributed by atoms with van der Waals surface area (Å²) in [5, 5.41) is 12.6. The lowest BCUT2D eigenvalue weighted by atomic mass is 10.3. The summed E-state index contributed by atoms with van der Waals surface area (Å²) < 4.78 is 12.0. The Hall–Kier alpha value is -1.25. The molecule has 0 amide bonds. The summed E-state index contributed by atoms with van der Waals surface area (Å²) in [7, 11) is -1.18. The largest absolute Gasteiger partial charge is 0.313 e.